The molecule has 0 aliphatic carbocycles. The van der Waals surface area contributed by atoms with Gasteiger partial charge in [-0.3, -0.25) is 0 Å². The van der Waals surface area contributed by atoms with Gasteiger partial charge in [0.05, 0.1) is 0 Å². The van der Waals surface area contributed by atoms with Crippen molar-refractivity contribution in [3.05, 3.63) is 29.1 Å². The van der Waals surface area contributed by atoms with Crippen molar-refractivity contribution in [2.24, 2.45) is 0 Å². The van der Waals surface area contributed by atoms with E-state index in [4.69, 9.17) is 0 Å². The SMILES string of the molecule is Fc1c(F)c(F)[c]([Ge]([Br])([Br])[Br])c(F)c1F. The number of benzene rings is 1. The maximum atomic E-state index is 13.1. The summed E-state index contributed by atoms with van der Waals surface area (Å²) in [6.45, 7) is 0. The van der Waals surface area contributed by atoms with Crippen LogP contribution >= 0.6 is 42.0 Å². The maximum absolute atomic E-state index is 13.1. The predicted molar refractivity (Wildman–Crippen MR) is 58.4 cm³/mol. The number of rotatable bonds is 1. The Balaban J connectivity index is 3.68. The van der Waals surface area contributed by atoms with Crippen molar-refractivity contribution in [3.8, 4) is 0 Å². The Morgan fingerprint density at radius 2 is 0.867 bits per heavy atom. The van der Waals surface area contributed by atoms with Gasteiger partial charge in [0, 0.05) is 0 Å². The molecule has 0 unspecified atom stereocenters. The van der Waals surface area contributed by atoms with Crippen LogP contribution in [0.15, 0.2) is 0 Å². The average Bonchev–Trinajstić information content (AvgIpc) is 2.09. The fraction of sp³-hybridized carbons (Fsp3) is 0. The first-order chi connectivity index (χ1) is 6.68. The minimum absolute atomic E-state index is 0.855. The van der Waals surface area contributed by atoms with E-state index in [9.17, 15) is 22.0 Å². The molecule has 0 saturated heterocycles. The summed E-state index contributed by atoms with van der Waals surface area (Å²) in [7, 11) is -3.68. The molecule has 0 aromatic heterocycles. The second-order valence-electron chi connectivity index (χ2n) is 2.44. The van der Waals surface area contributed by atoms with Crippen LogP contribution in [-0.2, 0) is 0 Å². The molecule has 1 aromatic carbocycles. The second kappa shape index (κ2) is 4.61. The number of hydrogen-bond acceptors (Lipinski definition) is 0. The van der Waals surface area contributed by atoms with Crippen LogP contribution in [-0.4, -0.2) is 7.74 Å². The van der Waals surface area contributed by atoms with Crippen LogP contribution in [0.1, 0.15) is 0 Å². The van der Waals surface area contributed by atoms with Gasteiger partial charge in [0.25, 0.3) is 0 Å². The topological polar surface area (TPSA) is 0 Å². The monoisotopic (exact) mass is 478 g/mol. The standard InChI is InChI=1S/C6Br3F5Ge/c7-15(8,9)6-4(13)2(11)1(10)3(12)5(6)14. The van der Waals surface area contributed by atoms with Crippen LogP contribution in [0.25, 0.3) is 0 Å². The van der Waals surface area contributed by atoms with Crippen molar-refractivity contribution < 1.29 is 22.0 Å². The zero-order valence-corrected chi connectivity index (χ0v) is 13.4. The summed E-state index contributed by atoms with van der Waals surface area (Å²) in [5.41, 5.74) is 0. The van der Waals surface area contributed by atoms with Crippen LogP contribution in [0.4, 0.5) is 22.0 Å². The summed E-state index contributed by atoms with van der Waals surface area (Å²) in [5.74, 6) is -9.70. The molecule has 0 amide bonds. The third-order valence-electron chi connectivity index (χ3n) is 1.49. The molecule has 0 fully saturated rings. The summed E-state index contributed by atoms with van der Waals surface area (Å²) in [6.07, 6.45) is 0. The molecule has 84 valence electrons. The molecule has 1 rings (SSSR count). The van der Waals surface area contributed by atoms with Crippen molar-refractivity contribution >= 4 is 54.1 Å². The Hall–Kier alpha value is 0.853. The third kappa shape index (κ3) is 2.58. The average molecular weight is 479 g/mol. The first-order valence-electron chi connectivity index (χ1n) is 3.26. The Labute approximate surface area is 104 Å². The van der Waals surface area contributed by atoms with Gasteiger partial charge in [0.15, 0.2) is 0 Å². The number of halogens is 8. The predicted octanol–water partition coefficient (Wildman–Crippen LogP) is 3.71. The van der Waals surface area contributed by atoms with E-state index in [1.165, 1.54) is 0 Å². The molecule has 0 nitrogen and oxygen atoms in total. The van der Waals surface area contributed by atoms with Gasteiger partial charge >= 0.3 is 105 Å². The molecule has 0 N–H and O–H groups in total. The van der Waals surface area contributed by atoms with Crippen LogP contribution < -0.4 is 4.40 Å². The molecule has 0 bridgehead atoms. The van der Waals surface area contributed by atoms with E-state index in [1.807, 2.05) is 0 Å². The zero-order chi connectivity index (χ0) is 12.0. The third-order valence-corrected chi connectivity index (χ3v) is 9.78. The quantitative estimate of drug-likeness (QED) is 0.250. The van der Waals surface area contributed by atoms with Crippen LogP contribution in [0.5, 0.6) is 0 Å². The van der Waals surface area contributed by atoms with E-state index in [-0.39, 0.29) is 0 Å². The van der Waals surface area contributed by atoms with E-state index in [0.29, 0.717) is 0 Å². The normalized spacial score (nSPS) is 12.0. The van der Waals surface area contributed by atoms with Crippen molar-refractivity contribution in [1.29, 1.82) is 0 Å². The van der Waals surface area contributed by atoms with Crippen molar-refractivity contribution in [1.82, 2.24) is 0 Å². The molecular weight excluding hydrogens is 479 g/mol. The summed E-state index contributed by atoms with van der Waals surface area (Å²) < 4.78 is 63.5. The fourth-order valence-electron chi connectivity index (χ4n) is 0.854. The summed E-state index contributed by atoms with van der Waals surface area (Å²) in [5, 5.41) is 0. The van der Waals surface area contributed by atoms with E-state index < -0.39 is 41.2 Å². The molecule has 0 aliphatic rings. The van der Waals surface area contributed by atoms with Gasteiger partial charge in [-0.15, -0.1) is 0 Å². The molecule has 0 radical (unpaired) electrons. The van der Waals surface area contributed by atoms with Crippen LogP contribution in [0.3, 0.4) is 0 Å². The van der Waals surface area contributed by atoms with Crippen LogP contribution in [0, 0.1) is 29.1 Å². The van der Waals surface area contributed by atoms with Gasteiger partial charge in [0.1, 0.15) is 0 Å². The Bertz CT molecular complexity index is 387. The number of hydrogen-bond donors (Lipinski definition) is 0. The van der Waals surface area contributed by atoms with Crippen molar-refractivity contribution in [2.45, 2.75) is 0 Å². The van der Waals surface area contributed by atoms with Gasteiger partial charge in [-0.2, -0.15) is 0 Å². The van der Waals surface area contributed by atoms with E-state index in [1.54, 1.807) is 0 Å². The minimum atomic E-state index is -3.68. The van der Waals surface area contributed by atoms with Gasteiger partial charge < -0.3 is 0 Å². The Morgan fingerprint density at radius 1 is 0.600 bits per heavy atom. The summed E-state index contributed by atoms with van der Waals surface area (Å²) >= 11 is 8.60. The first kappa shape index (κ1) is 13.9. The van der Waals surface area contributed by atoms with Gasteiger partial charge in [-0.25, -0.2) is 0 Å². The first-order valence-corrected chi connectivity index (χ1v) is 19.1. The molecular formula is C6Br3F5Ge. The molecule has 0 spiro atoms. The van der Waals surface area contributed by atoms with Gasteiger partial charge in [0.2, 0.25) is 0 Å². The fourth-order valence-corrected chi connectivity index (χ4v) is 7.79. The van der Waals surface area contributed by atoms with Gasteiger partial charge in [-0.05, 0) is 0 Å². The molecule has 1 aromatic rings. The summed E-state index contributed by atoms with van der Waals surface area (Å²) in [6, 6.07) is 0. The molecule has 0 atom stereocenters. The zero-order valence-electron chi connectivity index (χ0n) is 6.52. The Kier molecular flexibility index (Phi) is 4.28. The van der Waals surface area contributed by atoms with Crippen LogP contribution in [0.2, 0.25) is 0 Å². The van der Waals surface area contributed by atoms with E-state index >= 15 is 0 Å². The van der Waals surface area contributed by atoms with Gasteiger partial charge in [-0.1, -0.05) is 0 Å². The molecule has 15 heavy (non-hydrogen) atoms. The second-order valence-corrected chi connectivity index (χ2v) is 40.7. The molecule has 0 aliphatic heterocycles. The van der Waals surface area contributed by atoms with E-state index in [2.05, 4.69) is 42.0 Å². The Morgan fingerprint density at radius 3 is 1.13 bits per heavy atom. The summed E-state index contributed by atoms with van der Waals surface area (Å²) in [4.78, 5) is 0. The molecule has 0 heterocycles. The molecule has 0 saturated carbocycles. The molecule has 9 heteroatoms. The van der Waals surface area contributed by atoms with Crippen molar-refractivity contribution in [3.63, 3.8) is 0 Å². The van der Waals surface area contributed by atoms with E-state index in [0.717, 1.165) is 0 Å². The van der Waals surface area contributed by atoms with Crippen molar-refractivity contribution in [2.75, 3.05) is 0 Å².